The van der Waals surface area contributed by atoms with E-state index in [-0.39, 0.29) is 35.4 Å². The van der Waals surface area contributed by atoms with Gasteiger partial charge in [-0.2, -0.15) is 4.31 Å². The Labute approximate surface area is 231 Å². The van der Waals surface area contributed by atoms with Crippen molar-refractivity contribution >= 4 is 16.7 Å². The van der Waals surface area contributed by atoms with Gasteiger partial charge in [-0.05, 0) is 60.4 Å². The largest absolute Gasteiger partial charge is 0.573 e. The van der Waals surface area contributed by atoms with Crippen LogP contribution in [0.25, 0.3) is 0 Å². The van der Waals surface area contributed by atoms with Gasteiger partial charge in [-0.1, -0.05) is 30.3 Å². The normalized spacial score (nSPS) is 18.6. The van der Waals surface area contributed by atoms with Crippen LogP contribution in [0.3, 0.4) is 0 Å². The summed E-state index contributed by atoms with van der Waals surface area (Å²) in [6, 6.07) is 15.6. The first-order valence-electron chi connectivity index (χ1n) is 12.3. The lowest BCUT2D eigenvalue weighted by Gasteiger charge is -2.42. The van der Waals surface area contributed by atoms with E-state index in [1.54, 1.807) is 42.5 Å². The summed E-state index contributed by atoms with van der Waals surface area (Å²) in [5.41, 5.74) is 2.27. The van der Waals surface area contributed by atoms with Gasteiger partial charge in [0, 0.05) is 18.5 Å². The van der Waals surface area contributed by atoms with Gasteiger partial charge in [-0.25, -0.2) is 0 Å². The third-order valence-corrected chi connectivity index (χ3v) is 8.49. The highest BCUT2D eigenvalue weighted by Crippen LogP contribution is 2.57. The van der Waals surface area contributed by atoms with Crippen LogP contribution >= 0.6 is 10.8 Å². The Balaban J connectivity index is 1.74. The van der Waals surface area contributed by atoms with Crippen molar-refractivity contribution in [1.82, 2.24) is 4.31 Å². The highest BCUT2D eigenvalue weighted by Gasteiger charge is 2.35. The quantitative estimate of drug-likeness (QED) is 0.266. The number of para-hydroxylation sites is 1. The number of carboxylic acid groups (broad SMARTS) is 1. The topological polar surface area (TPSA) is 109 Å². The van der Waals surface area contributed by atoms with Gasteiger partial charge in [0.05, 0.1) is 20.1 Å². The second-order valence-electron chi connectivity index (χ2n) is 9.54. The molecule has 3 N–H and O–H groups in total. The second kappa shape index (κ2) is 11.6. The van der Waals surface area contributed by atoms with Gasteiger partial charge in [0.15, 0.2) is 0 Å². The van der Waals surface area contributed by atoms with Crippen LogP contribution in [0.5, 0.6) is 17.2 Å². The van der Waals surface area contributed by atoms with Crippen LogP contribution in [0.15, 0.2) is 65.6 Å². The van der Waals surface area contributed by atoms with Crippen LogP contribution < -0.4 is 14.2 Å². The summed E-state index contributed by atoms with van der Waals surface area (Å²) in [5, 5.41) is 9.67. The molecule has 0 aliphatic carbocycles. The summed E-state index contributed by atoms with van der Waals surface area (Å²) in [5.74, 6) is -2.08. The number of methoxy groups -OCH3 is 1. The lowest BCUT2D eigenvalue weighted by molar-refractivity contribution is -0.274. The number of hydrogen-bond donors (Lipinski definition) is 3. The molecule has 0 radical (unpaired) electrons. The van der Waals surface area contributed by atoms with Gasteiger partial charge in [-0.3, -0.25) is 13.9 Å². The zero-order valence-electron chi connectivity index (χ0n) is 22.0. The minimum absolute atomic E-state index is 0.0747. The van der Waals surface area contributed by atoms with E-state index in [4.69, 9.17) is 9.47 Å². The second-order valence-corrected chi connectivity index (χ2v) is 11.5. The van der Waals surface area contributed by atoms with Crippen molar-refractivity contribution in [1.29, 1.82) is 0 Å². The van der Waals surface area contributed by atoms with Crippen molar-refractivity contribution in [2.75, 3.05) is 13.7 Å². The Bertz CT molecular complexity index is 1380. The molecule has 3 aromatic rings. The van der Waals surface area contributed by atoms with E-state index in [0.29, 0.717) is 16.9 Å². The molecule has 40 heavy (non-hydrogen) atoms. The zero-order valence-corrected chi connectivity index (χ0v) is 22.8. The standard InChI is InChI=1S/C28H30F3NO7S/c1-17-8-9-19(24(14-27(33)34)20-11-22(37-3)13-23(12-20)39-28(29,30)31)10-21(17)16-32-15-18(2)38-25-6-4-5-7-26(25)40(32,35)36/h4-13,18,24,35-36H,14-16H2,1-3H3,(H,33,34). The maximum absolute atomic E-state index is 13.0. The summed E-state index contributed by atoms with van der Waals surface area (Å²) in [4.78, 5) is 12.1. The average Bonchev–Trinajstić information content (AvgIpc) is 2.95. The molecule has 0 saturated heterocycles. The van der Waals surface area contributed by atoms with Crippen molar-refractivity contribution in [2.24, 2.45) is 0 Å². The predicted molar refractivity (Wildman–Crippen MR) is 143 cm³/mol. The number of halogens is 3. The van der Waals surface area contributed by atoms with Crippen molar-refractivity contribution in [3.8, 4) is 17.2 Å². The number of aryl methyl sites for hydroxylation is 1. The number of carbonyl (C=O) groups is 1. The summed E-state index contributed by atoms with van der Waals surface area (Å²) in [7, 11) is -2.14. The predicted octanol–water partition coefficient (Wildman–Crippen LogP) is 6.82. The van der Waals surface area contributed by atoms with E-state index in [1.165, 1.54) is 17.5 Å². The minimum Gasteiger partial charge on any atom is -0.497 e. The molecule has 0 spiro atoms. The van der Waals surface area contributed by atoms with E-state index in [1.807, 2.05) is 13.8 Å². The number of fused-ring (bicyclic) bond motifs is 1. The van der Waals surface area contributed by atoms with Crippen molar-refractivity contribution in [3.63, 3.8) is 0 Å². The van der Waals surface area contributed by atoms with E-state index < -0.39 is 41.2 Å². The van der Waals surface area contributed by atoms with Crippen LogP contribution in [-0.2, 0) is 11.3 Å². The van der Waals surface area contributed by atoms with Crippen LogP contribution in [0.2, 0.25) is 0 Å². The molecule has 8 nitrogen and oxygen atoms in total. The Kier molecular flexibility index (Phi) is 8.55. The first-order chi connectivity index (χ1) is 18.8. The van der Waals surface area contributed by atoms with Crippen LogP contribution in [0, 0.1) is 6.92 Å². The fourth-order valence-corrected chi connectivity index (χ4v) is 6.35. The van der Waals surface area contributed by atoms with Gasteiger partial charge in [0.2, 0.25) is 0 Å². The van der Waals surface area contributed by atoms with Gasteiger partial charge in [0.25, 0.3) is 0 Å². The van der Waals surface area contributed by atoms with Gasteiger partial charge in [0.1, 0.15) is 28.2 Å². The Hall–Kier alpha value is -3.45. The number of alkyl halides is 3. The van der Waals surface area contributed by atoms with Crippen LogP contribution in [0.1, 0.15) is 41.5 Å². The lowest BCUT2D eigenvalue weighted by Crippen LogP contribution is -2.33. The fourth-order valence-electron chi connectivity index (χ4n) is 4.69. The number of aliphatic carboxylic acids is 1. The molecule has 2 atom stereocenters. The van der Waals surface area contributed by atoms with Crippen molar-refractivity contribution in [2.45, 2.75) is 50.1 Å². The third kappa shape index (κ3) is 6.81. The van der Waals surface area contributed by atoms with Gasteiger partial charge >= 0.3 is 12.3 Å². The summed E-state index contributed by atoms with van der Waals surface area (Å²) < 4.78 is 78.1. The fraction of sp³-hybridized carbons (Fsp3) is 0.321. The number of ether oxygens (including phenoxy) is 3. The average molecular weight is 582 g/mol. The molecular formula is C28H30F3NO7S. The van der Waals surface area contributed by atoms with E-state index in [0.717, 1.165) is 17.7 Å². The van der Waals surface area contributed by atoms with Crippen molar-refractivity contribution in [3.05, 3.63) is 82.9 Å². The molecular weight excluding hydrogens is 551 g/mol. The maximum Gasteiger partial charge on any atom is 0.573 e. The molecule has 4 rings (SSSR count). The number of carboxylic acids is 1. The molecule has 3 aromatic carbocycles. The first-order valence-corrected chi connectivity index (χ1v) is 13.8. The Morgan fingerprint density at radius 1 is 1.10 bits per heavy atom. The number of nitrogens with zero attached hydrogens (tertiary/aromatic N) is 1. The molecule has 0 bridgehead atoms. The highest BCUT2D eigenvalue weighted by molar-refractivity contribution is 8.22. The lowest BCUT2D eigenvalue weighted by atomic mass is 9.86. The molecule has 216 valence electrons. The molecule has 0 amide bonds. The SMILES string of the molecule is COc1cc(OC(F)(F)F)cc(C(CC(=O)O)c2ccc(C)c(CN3CC(C)Oc4ccccc4S3(O)O)c2)c1. The summed E-state index contributed by atoms with van der Waals surface area (Å²) in [6.45, 7) is 3.96. The number of rotatable bonds is 8. The monoisotopic (exact) mass is 581 g/mol. The molecule has 1 heterocycles. The van der Waals surface area contributed by atoms with E-state index in [9.17, 15) is 32.2 Å². The number of hydrogen-bond acceptors (Lipinski definition) is 7. The molecule has 0 saturated carbocycles. The Morgan fingerprint density at radius 2 is 1.80 bits per heavy atom. The first kappa shape index (κ1) is 29.5. The molecule has 12 heteroatoms. The van der Waals surface area contributed by atoms with Crippen LogP contribution in [-0.4, -0.2) is 50.6 Å². The minimum atomic E-state index is -4.95. The molecule has 1 aliphatic heterocycles. The maximum atomic E-state index is 13.0. The summed E-state index contributed by atoms with van der Waals surface area (Å²) in [6.07, 6.45) is -5.72. The highest BCUT2D eigenvalue weighted by atomic mass is 32.3. The molecule has 1 aliphatic rings. The van der Waals surface area contributed by atoms with E-state index in [2.05, 4.69) is 4.74 Å². The smallest absolute Gasteiger partial charge is 0.497 e. The molecule has 2 unspecified atom stereocenters. The third-order valence-electron chi connectivity index (χ3n) is 6.57. The van der Waals surface area contributed by atoms with Gasteiger partial charge in [-0.15, -0.1) is 23.9 Å². The zero-order chi connectivity index (χ0) is 29.2. The van der Waals surface area contributed by atoms with Crippen molar-refractivity contribution < 1.29 is 46.4 Å². The Morgan fingerprint density at radius 3 is 2.48 bits per heavy atom. The molecule has 0 aromatic heterocycles. The van der Waals surface area contributed by atoms with E-state index >= 15 is 0 Å². The summed E-state index contributed by atoms with van der Waals surface area (Å²) >= 11 is 0. The van der Waals surface area contributed by atoms with Crippen LogP contribution in [0.4, 0.5) is 13.2 Å². The number of benzene rings is 3. The molecule has 0 fully saturated rings. The van der Waals surface area contributed by atoms with Gasteiger partial charge < -0.3 is 19.3 Å².